The van der Waals surface area contributed by atoms with Crippen LogP contribution >= 0.6 is 0 Å². The molecule has 1 unspecified atom stereocenters. The van der Waals surface area contributed by atoms with Gasteiger partial charge in [0.15, 0.2) is 11.5 Å². The molecule has 0 saturated carbocycles. The molecule has 0 bridgehead atoms. The van der Waals surface area contributed by atoms with Crippen molar-refractivity contribution in [1.29, 1.82) is 0 Å². The summed E-state index contributed by atoms with van der Waals surface area (Å²) in [5.74, 6) is 1.38. The van der Waals surface area contributed by atoms with Crippen molar-refractivity contribution in [3.8, 4) is 11.5 Å². The van der Waals surface area contributed by atoms with Gasteiger partial charge in [0.1, 0.15) is 0 Å². The number of carbonyl (C=O) groups is 1. The van der Waals surface area contributed by atoms with Crippen LogP contribution < -0.4 is 21.9 Å². The Hall–Kier alpha value is -1.54. The average Bonchev–Trinajstić information content (AvgIpc) is 3.10. The molecule has 1 aromatic rings. The zero-order valence-electron chi connectivity index (χ0n) is 15.6. The molecule has 2 aliphatic heterocycles. The fraction of sp³-hybridized carbons (Fsp3) is 0.632. The molecule has 8 heteroatoms. The molecule has 0 aromatic heterocycles. The average molecular weight is 401 g/mol. The summed E-state index contributed by atoms with van der Waals surface area (Å²) in [6, 6.07) is 5.69. The van der Waals surface area contributed by atoms with E-state index < -0.39 is 6.10 Å². The topological polar surface area (TPSA) is 77.5 Å². The Labute approximate surface area is 165 Å². The van der Waals surface area contributed by atoms with Crippen LogP contribution in [-0.4, -0.2) is 61.7 Å². The number of benzene rings is 1. The van der Waals surface area contributed by atoms with E-state index in [1.165, 1.54) is 0 Å². The van der Waals surface area contributed by atoms with Crippen molar-refractivity contribution in [2.24, 2.45) is 5.92 Å². The molecule has 0 aliphatic carbocycles. The third-order valence-corrected chi connectivity index (χ3v) is 4.69. The molecule has 2 heterocycles. The van der Waals surface area contributed by atoms with Crippen LogP contribution in [-0.2, 0) is 20.9 Å². The highest BCUT2D eigenvalue weighted by Gasteiger charge is 2.26. The summed E-state index contributed by atoms with van der Waals surface area (Å²) in [4.78, 5) is 13.9. The van der Waals surface area contributed by atoms with Gasteiger partial charge in [-0.3, -0.25) is 4.79 Å². The molecule has 1 N–H and O–H groups in total. The molecule has 1 saturated heterocycles. The Morgan fingerprint density at radius 2 is 2.04 bits per heavy atom. The molecule has 0 spiro atoms. The van der Waals surface area contributed by atoms with E-state index in [0.29, 0.717) is 19.8 Å². The Morgan fingerprint density at radius 1 is 1.30 bits per heavy atom. The van der Waals surface area contributed by atoms with Crippen molar-refractivity contribution in [1.82, 2.24) is 4.90 Å². The Balaban J connectivity index is 0.00000261. The number of fused-ring (bicyclic) bond motifs is 1. The first-order valence-corrected chi connectivity index (χ1v) is 9.19. The number of aliphatic hydroxyl groups excluding tert-OH is 1. The zero-order valence-corrected chi connectivity index (χ0v) is 16.3. The lowest BCUT2D eigenvalue weighted by atomic mass is 9.97. The number of ether oxygens (including phenoxy) is 4. The number of piperidine rings is 1. The minimum absolute atomic E-state index is 0. The number of rotatable bonds is 8. The van der Waals surface area contributed by atoms with E-state index in [-0.39, 0.29) is 37.7 Å². The third kappa shape index (κ3) is 6.24. The molecule has 27 heavy (non-hydrogen) atoms. The molecule has 1 atom stereocenters. The second-order valence-corrected chi connectivity index (χ2v) is 6.68. The van der Waals surface area contributed by atoms with Gasteiger partial charge in [-0.1, -0.05) is 6.07 Å². The van der Waals surface area contributed by atoms with Gasteiger partial charge in [-0.15, -0.1) is 0 Å². The van der Waals surface area contributed by atoms with Gasteiger partial charge in [0.2, 0.25) is 6.79 Å². The number of hydrogen-bond acceptors (Lipinski definition) is 7. The number of β-amino-alcohol motifs (C(OH)–C–C–N with tert-alkyl or cyclic N) is 1. The minimum atomic E-state index is -0.553. The van der Waals surface area contributed by atoms with Gasteiger partial charge in [0.05, 0.1) is 31.8 Å². The minimum Gasteiger partial charge on any atom is -1.00 e. The Kier molecular flexibility index (Phi) is 8.63. The molecule has 1 aromatic carbocycles. The lowest BCUT2D eigenvalue weighted by Crippen LogP contribution is -3.00. The zero-order chi connectivity index (χ0) is 18.4. The summed E-state index contributed by atoms with van der Waals surface area (Å²) in [5.41, 5.74) is 0.983. The number of aliphatic hydroxyl groups is 1. The van der Waals surface area contributed by atoms with E-state index in [2.05, 4.69) is 4.90 Å². The summed E-state index contributed by atoms with van der Waals surface area (Å²) in [6.45, 7) is 5.34. The first-order valence-electron chi connectivity index (χ1n) is 9.19. The first kappa shape index (κ1) is 21.8. The molecular weight excluding hydrogens is 374 g/mol. The summed E-state index contributed by atoms with van der Waals surface area (Å²) in [5, 5.41) is 10.2. The van der Waals surface area contributed by atoms with Gasteiger partial charge in [0.25, 0.3) is 0 Å². The molecule has 3 rings (SSSR count). The van der Waals surface area contributed by atoms with Crippen molar-refractivity contribution >= 4 is 5.97 Å². The van der Waals surface area contributed by atoms with Crippen LogP contribution in [0.5, 0.6) is 11.5 Å². The first-order chi connectivity index (χ1) is 12.7. The van der Waals surface area contributed by atoms with Crippen LogP contribution in [0.2, 0.25) is 0 Å². The third-order valence-electron chi connectivity index (χ3n) is 4.69. The summed E-state index contributed by atoms with van der Waals surface area (Å²) >= 11 is 0. The fourth-order valence-electron chi connectivity index (χ4n) is 3.31. The molecule has 0 radical (unpaired) electrons. The number of nitrogens with zero attached hydrogens (tertiary/aromatic N) is 1. The van der Waals surface area contributed by atoms with E-state index in [0.717, 1.165) is 43.0 Å². The summed E-state index contributed by atoms with van der Waals surface area (Å²) < 4.78 is 21.3. The van der Waals surface area contributed by atoms with Crippen LogP contribution in [0.3, 0.4) is 0 Å². The van der Waals surface area contributed by atoms with Gasteiger partial charge in [-0.2, -0.15) is 0 Å². The number of esters is 1. The molecule has 7 nitrogen and oxygen atoms in total. The molecule has 1 fully saturated rings. The smallest absolute Gasteiger partial charge is 0.309 e. The lowest BCUT2D eigenvalue weighted by molar-refractivity contribution is -0.149. The maximum absolute atomic E-state index is 11.7. The predicted molar refractivity (Wildman–Crippen MR) is 94.0 cm³/mol. The van der Waals surface area contributed by atoms with Gasteiger partial charge in [-0.05, 0) is 50.6 Å². The van der Waals surface area contributed by atoms with Crippen molar-refractivity contribution in [2.75, 3.05) is 39.6 Å². The van der Waals surface area contributed by atoms with Crippen LogP contribution in [0.15, 0.2) is 18.2 Å². The predicted octanol–water partition coefficient (Wildman–Crippen LogP) is -1.43. The molecule has 0 amide bonds. The van der Waals surface area contributed by atoms with E-state index in [1.807, 2.05) is 25.1 Å². The normalized spacial score (nSPS) is 18.0. The van der Waals surface area contributed by atoms with Gasteiger partial charge in [-0.25, -0.2) is 0 Å². The maximum atomic E-state index is 11.7. The van der Waals surface area contributed by atoms with Gasteiger partial charge in [0, 0.05) is 6.54 Å². The maximum Gasteiger partial charge on any atom is 0.309 e. The lowest BCUT2D eigenvalue weighted by Gasteiger charge is -2.32. The van der Waals surface area contributed by atoms with Crippen LogP contribution in [0, 0.1) is 5.92 Å². The highest BCUT2D eigenvalue weighted by Crippen LogP contribution is 2.32. The Morgan fingerprint density at radius 3 is 2.78 bits per heavy atom. The second kappa shape index (κ2) is 10.7. The van der Waals surface area contributed by atoms with E-state index in [1.54, 1.807) is 0 Å². The van der Waals surface area contributed by atoms with Crippen molar-refractivity contribution in [3.05, 3.63) is 23.8 Å². The van der Waals surface area contributed by atoms with Crippen molar-refractivity contribution in [2.45, 2.75) is 32.5 Å². The summed E-state index contributed by atoms with van der Waals surface area (Å²) in [7, 11) is 0. The van der Waals surface area contributed by atoms with E-state index >= 15 is 0 Å². The van der Waals surface area contributed by atoms with Crippen molar-refractivity contribution in [3.63, 3.8) is 0 Å². The second-order valence-electron chi connectivity index (χ2n) is 6.68. The number of halogens is 1. The standard InChI is InChI=1S/C19H27NO6.ClH/c1-2-24-19(22)15-5-7-20(8-6-15)10-16(21)12-23-11-14-3-4-17-18(9-14)26-13-25-17;/h3-4,9,15-16,21H,2,5-8,10-13H2,1H3;1H/p-1. The monoisotopic (exact) mass is 400 g/mol. The van der Waals surface area contributed by atoms with Crippen molar-refractivity contribution < 1.29 is 41.3 Å². The van der Waals surface area contributed by atoms with E-state index in [4.69, 9.17) is 18.9 Å². The van der Waals surface area contributed by atoms with E-state index in [9.17, 15) is 9.90 Å². The van der Waals surface area contributed by atoms with Crippen LogP contribution in [0.1, 0.15) is 25.3 Å². The Bertz CT molecular complexity index is 606. The number of hydrogen-bond donors (Lipinski definition) is 1. The quantitative estimate of drug-likeness (QED) is 0.536. The fourth-order valence-corrected chi connectivity index (χ4v) is 3.31. The van der Waals surface area contributed by atoms with Crippen LogP contribution in [0.25, 0.3) is 0 Å². The molecular formula is C19H27ClNO6-. The number of likely N-dealkylation sites (tertiary alicyclic amines) is 1. The molecule has 2 aliphatic rings. The SMILES string of the molecule is CCOC(=O)C1CCN(CC(O)COCc2ccc3c(c2)OCO3)CC1.[Cl-]. The highest BCUT2D eigenvalue weighted by atomic mass is 35.5. The van der Waals surface area contributed by atoms with Gasteiger partial charge < -0.3 is 41.4 Å². The number of carbonyl (C=O) groups excluding carboxylic acids is 1. The largest absolute Gasteiger partial charge is 1.00 e. The molecule has 152 valence electrons. The van der Waals surface area contributed by atoms with Crippen LogP contribution in [0.4, 0.5) is 0 Å². The highest BCUT2D eigenvalue weighted by molar-refractivity contribution is 5.72. The van der Waals surface area contributed by atoms with Gasteiger partial charge >= 0.3 is 5.97 Å². The summed E-state index contributed by atoms with van der Waals surface area (Å²) in [6.07, 6.45) is 1.01.